The van der Waals surface area contributed by atoms with Gasteiger partial charge in [-0.25, -0.2) is 0 Å². The first-order chi connectivity index (χ1) is 4.59. The van der Waals surface area contributed by atoms with Gasteiger partial charge in [-0.1, -0.05) is 6.92 Å². The molecule has 0 aromatic heterocycles. The Morgan fingerprint density at radius 3 is 2.50 bits per heavy atom. The fourth-order valence-electron chi connectivity index (χ4n) is 0.605. The van der Waals surface area contributed by atoms with Gasteiger partial charge in [0.05, 0.1) is 0 Å². The Balaban J connectivity index is 3.69. The second-order valence-corrected chi connectivity index (χ2v) is 2.83. The van der Waals surface area contributed by atoms with Crippen LogP contribution in [0.25, 0.3) is 0 Å². The molecule has 0 aliphatic heterocycles. The maximum absolute atomic E-state index is 10.3. The molecule has 0 fully saturated rings. The predicted molar refractivity (Wildman–Crippen MR) is 41.3 cm³/mol. The van der Waals surface area contributed by atoms with Gasteiger partial charge in [0.25, 0.3) is 0 Å². The van der Waals surface area contributed by atoms with Crippen molar-refractivity contribution in [3.05, 3.63) is 0 Å². The Bertz CT molecular complexity index is 116. The first-order valence-electron chi connectivity index (χ1n) is 3.11. The van der Waals surface area contributed by atoms with Crippen LogP contribution in [-0.2, 0) is 4.79 Å². The van der Waals surface area contributed by atoms with E-state index >= 15 is 0 Å². The van der Waals surface area contributed by atoms with Gasteiger partial charge in [-0.05, 0) is 12.3 Å². The van der Waals surface area contributed by atoms with E-state index in [0.29, 0.717) is 6.42 Å². The maximum atomic E-state index is 10.3. The summed E-state index contributed by atoms with van der Waals surface area (Å²) in [6.07, 6.45) is 0.487. The van der Waals surface area contributed by atoms with Gasteiger partial charge in [0.1, 0.15) is 5.25 Å². The minimum atomic E-state index is -0.927. The lowest BCUT2D eigenvalue weighted by atomic mass is 10.0. The number of thiol groups is 1. The van der Waals surface area contributed by atoms with E-state index in [1.807, 2.05) is 0 Å². The Labute approximate surface area is 65.5 Å². The molecule has 0 bridgehead atoms. The van der Waals surface area contributed by atoms with Crippen LogP contribution < -0.4 is 0 Å². The number of carbonyl (C=O) groups is 1. The summed E-state index contributed by atoms with van der Waals surface area (Å²) < 4.78 is 0. The molecular formula is C6H12O3S. The smallest absolute Gasteiger partial charge is 0.316 e. The average Bonchev–Trinajstić information content (AvgIpc) is 1.87. The molecule has 0 radical (unpaired) electrons. The summed E-state index contributed by atoms with van der Waals surface area (Å²) in [4.78, 5) is 10.3. The normalized spacial score (nSPS) is 16.3. The zero-order valence-corrected chi connectivity index (χ0v) is 6.71. The predicted octanol–water partition coefficient (Wildman–Crippen LogP) is 0.388. The summed E-state index contributed by atoms with van der Waals surface area (Å²) in [6, 6.07) is 0. The standard InChI is InChI=1S/C6H12O3S/c1-4(2-3-7)5(10)6(8)9/h4-5,7,10H,2-3H2,1H3,(H,8,9). The van der Waals surface area contributed by atoms with Crippen LogP contribution in [0.3, 0.4) is 0 Å². The molecule has 0 rings (SSSR count). The van der Waals surface area contributed by atoms with Crippen LogP contribution in [0, 0.1) is 5.92 Å². The molecule has 0 amide bonds. The Hall–Kier alpha value is -0.220. The summed E-state index contributed by atoms with van der Waals surface area (Å²) in [5.74, 6) is -1.00. The van der Waals surface area contributed by atoms with Gasteiger partial charge in [-0.3, -0.25) is 4.79 Å². The van der Waals surface area contributed by atoms with Gasteiger partial charge in [-0.2, -0.15) is 12.6 Å². The highest BCUT2D eigenvalue weighted by Crippen LogP contribution is 2.13. The minimum absolute atomic E-state index is 0.0194. The molecule has 10 heavy (non-hydrogen) atoms. The minimum Gasteiger partial charge on any atom is -0.480 e. The van der Waals surface area contributed by atoms with Crippen LogP contribution >= 0.6 is 12.6 Å². The lowest BCUT2D eigenvalue weighted by molar-refractivity contribution is -0.137. The molecule has 0 saturated carbocycles. The molecule has 0 aliphatic carbocycles. The van der Waals surface area contributed by atoms with Gasteiger partial charge in [0.15, 0.2) is 0 Å². The third-order valence-corrected chi connectivity index (χ3v) is 2.11. The quantitative estimate of drug-likeness (QED) is 0.527. The molecule has 0 heterocycles. The number of carboxylic acid groups (broad SMARTS) is 1. The second kappa shape index (κ2) is 4.57. The van der Waals surface area contributed by atoms with Crippen LogP contribution in [0.2, 0.25) is 0 Å². The van der Waals surface area contributed by atoms with E-state index in [4.69, 9.17) is 10.2 Å². The van der Waals surface area contributed by atoms with Crippen molar-refractivity contribution >= 4 is 18.6 Å². The van der Waals surface area contributed by atoms with E-state index in [9.17, 15) is 4.79 Å². The van der Waals surface area contributed by atoms with Crippen LogP contribution in [-0.4, -0.2) is 28.0 Å². The topological polar surface area (TPSA) is 57.5 Å². The summed E-state index contributed by atoms with van der Waals surface area (Å²) in [5, 5.41) is 16.2. The highest BCUT2D eigenvalue weighted by atomic mass is 32.1. The fraction of sp³-hybridized carbons (Fsp3) is 0.833. The summed E-state index contributed by atoms with van der Waals surface area (Å²) in [5.41, 5.74) is 0. The molecule has 4 heteroatoms. The molecule has 2 unspecified atom stereocenters. The first-order valence-corrected chi connectivity index (χ1v) is 3.63. The number of hydrogen-bond donors (Lipinski definition) is 3. The van der Waals surface area contributed by atoms with Gasteiger partial charge >= 0.3 is 5.97 Å². The summed E-state index contributed by atoms with van der Waals surface area (Å²) >= 11 is 3.84. The van der Waals surface area contributed by atoms with Gasteiger partial charge in [-0.15, -0.1) is 0 Å². The number of carboxylic acids is 1. The van der Waals surface area contributed by atoms with Crippen LogP contribution in [0.15, 0.2) is 0 Å². The van der Waals surface area contributed by atoms with Crippen molar-refractivity contribution in [1.82, 2.24) is 0 Å². The highest BCUT2D eigenvalue weighted by Gasteiger charge is 2.19. The number of aliphatic carboxylic acids is 1. The third-order valence-electron chi connectivity index (χ3n) is 1.38. The zero-order valence-electron chi connectivity index (χ0n) is 5.82. The van der Waals surface area contributed by atoms with Gasteiger partial charge < -0.3 is 10.2 Å². The summed E-state index contributed by atoms with van der Waals surface area (Å²) in [6.45, 7) is 1.77. The molecule has 0 spiro atoms. The SMILES string of the molecule is CC(CCO)C(S)C(=O)O. The monoisotopic (exact) mass is 164 g/mol. The third kappa shape index (κ3) is 3.08. The van der Waals surface area contributed by atoms with Crippen molar-refractivity contribution < 1.29 is 15.0 Å². The van der Waals surface area contributed by atoms with Crippen LogP contribution in [0.5, 0.6) is 0 Å². The molecule has 2 N–H and O–H groups in total. The van der Waals surface area contributed by atoms with E-state index in [0.717, 1.165) is 0 Å². The molecule has 3 nitrogen and oxygen atoms in total. The van der Waals surface area contributed by atoms with Crippen molar-refractivity contribution in [1.29, 1.82) is 0 Å². The van der Waals surface area contributed by atoms with Crippen molar-refractivity contribution in [2.24, 2.45) is 5.92 Å². The zero-order chi connectivity index (χ0) is 8.15. The molecule has 0 aromatic rings. The van der Waals surface area contributed by atoms with Gasteiger partial charge in [0, 0.05) is 6.61 Å². The van der Waals surface area contributed by atoms with Crippen LogP contribution in [0.4, 0.5) is 0 Å². The fourth-order valence-corrected chi connectivity index (χ4v) is 0.754. The van der Waals surface area contributed by atoms with Crippen molar-refractivity contribution in [2.75, 3.05) is 6.61 Å². The number of aliphatic hydroxyl groups excluding tert-OH is 1. The van der Waals surface area contributed by atoms with Gasteiger partial charge in [0.2, 0.25) is 0 Å². The highest BCUT2D eigenvalue weighted by molar-refractivity contribution is 7.81. The largest absolute Gasteiger partial charge is 0.480 e. The lowest BCUT2D eigenvalue weighted by Gasteiger charge is -2.12. The lowest BCUT2D eigenvalue weighted by Crippen LogP contribution is -2.22. The number of aliphatic hydroxyl groups is 1. The van der Waals surface area contributed by atoms with E-state index in [-0.39, 0.29) is 12.5 Å². The molecule has 60 valence electrons. The summed E-state index contributed by atoms with van der Waals surface area (Å²) in [7, 11) is 0. The molecule has 0 saturated heterocycles. The molecule has 2 atom stereocenters. The van der Waals surface area contributed by atoms with E-state index in [1.165, 1.54) is 0 Å². The van der Waals surface area contributed by atoms with Crippen LogP contribution in [0.1, 0.15) is 13.3 Å². The maximum Gasteiger partial charge on any atom is 0.316 e. The number of hydrogen-bond acceptors (Lipinski definition) is 3. The molecular weight excluding hydrogens is 152 g/mol. The first kappa shape index (κ1) is 9.78. The van der Waals surface area contributed by atoms with E-state index in [2.05, 4.69) is 12.6 Å². The number of rotatable bonds is 4. The van der Waals surface area contributed by atoms with Crippen molar-refractivity contribution in [3.63, 3.8) is 0 Å². The van der Waals surface area contributed by atoms with Crippen molar-refractivity contribution in [3.8, 4) is 0 Å². The Kier molecular flexibility index (Phi) is 4.47. The second-order valence-electron chi connectivity index (χ2n) is 2.27. The Morgan fingerprint density at radius 1 is 1.70 bits per heavy atom. The average molecular weight is 164 g/mol. The van der Waals surface area contributed by atoms with E-state index in [1.54, 1.807) is 6.92 Å². The molecule has 0 aromatic carbocycles. The Morgan fingerprint density at radius 2 is 2.20 bits per heavy atom. The molecule has 0 aliphatic rings. The van der Waals surface area contributed by atoms with Crippen molar-refractivity contribution in [2.45, 2.75) is 18.6 Å². The van der Waals surface area contributed by atoms with E-state index < -0.39 is 11.2 Å².